The molecule has 3 rings (SSSR count). The fraction of sp³-hybridized carbons (Fsp3) is 0.263. The Kier molecular flexibility index (Phi) is 4.63. The van der Waals surface area contributed by atoms with Crippen LogP contribution in [0.15, 0.2) is 52.7 Å². The van der Waals surface area contributed by atoms with E-state index >= 15 is 0 Å². The quantitative estimate of drug-likeness (QED) is 0.482. The third-order valence-corrected chi connectivity index (χ3v) is 4.64. The monoisotopic (exact) mass is 333 g/mol. The molecule has 2 aromatic rings. The largest absolute Gasteiger partial charge is 0.469 e. The van der Waals surface area contributed by atoms with Crippen LogP contribution in [0.1, 0.15) is 29.2 Å². The zero-order chi connectivity index (χ0) is 17.8. The summed E-state index contributed by atoms with van der Waals surface area (Å²) in [4.78, 5) is 10.9. The second kappa shape index (κ2) is 7.02. The molecule has 0 saturated heterocycles. The highest BCUT2D eigenvalue weighted by Gasteiger charge is 2.37. The van der Waals surface area contributed by atoms with E-state index in [-0.39, 0.29) is 23.0 Å². The van der Waals surface area contributed by atoms with E-state index in [1.54, 1.807) is 12.1 Å². The van der Waals surface area contributed by atoms with E-state index < -0.39 is 5.92 Å². The highest BCUT2D eigenvalue weighted by molar-refractivity contribution is 5.80. The highest BCUT2D eigenvalue weighted by Crippen LogP contribution is 2.44. The summed E-state index contributed by atoms with van der Waals surface area (Å²) in [5.74, 6) is -0.334. The summed E-state index contributed by atoms with van der Waals surface area (Å²) >= 11 is 0. The van der Waals surface area contributed by atoms with Crippen molar-refractivity contribution in [2.75, 3.05) is 6.54 Å². The molecule has 1 aromatic heterocycles. The minimum absolute atomic E-state index is 0.0112. The predicted molar refractivity (Wildman–Crippen MR) is 89.7 cm³/mol. The number of hydrogen-bond acceptors (Lipinski definition) is 5. The number of allylic oxidation sites excluding steroid dienone is 2. The zero-order valence-electron chi connectivity index (χ0n) is 13.4. The van der Waals surface area contributed by atoms with Crippen LogP contribution in [0.3, 0.4) is 0 Å². The number of furan rings is 1. The lowest BCUT2D eigenvalue weighted by Crippen LogP contribution is -2.26. The standard InChI is InChI=1S/C19H15N3O3/c20-10-14(11-21)19-15-5-2-1-4-13(15)7-8-16(19)17(12-22(23)24)18-6-3-9-25-18/h1-6,9,16-17H,7-8,12H2/t16-,17+/m0/s1. The highest BCUT2D eigenvalue weighted by atomic mass is 16.6. The van der Waals surface area contributed by atoms with Gasteiger partial charge in [-0.1, -0.05) is 24.3 Å². The molecule has 0 unspecified atom stereocenters. The van der Waals surface area contributed by atoms with Crippen molar-refractivity contribution in [2.45, 2.75) is 18.8 Å². The average molecular weight is 333 g/mol. The normalized spacial score (nSPS) is 17.0. The molecule has 6 heteroatoms. The van der Waals surface area contributed by atoms with E-state index in [4.69, 9.17) is 4.42 Å². The number of hydrogen-bond donors (Lipinski definition) is 0. The van der Waals surface area contributed by atoms with E-state index in [1.165, 1.54) is 6.26 Å². The third-order valence-electron chi connectivity index (χ3n) is 4.64. The Bertz CT molecular complexity index is 885. The zero-order valence-corrected chi connectivity index (χ0v) is 13.4. The van der Waals surface area contributed by atoms with E-state index in [0.717, 1.165) is 17.5 Å². The first kappa shape index (κ1) is 16.5. The SMILES string of the molecule is N#CC(C#N)=C1c2ccccc2CC[C@H]1[C@@H](C[N+](=O)[O-])c1ccco1. The van der Waals surface area contributed by atoms with Crippen molar-refractivity contribution in [2.24, 2.45) is 5.92 Å². The maximum absolute atomic E-state index is 11.2. The van der Waals surface area contributed by atoms with Gasteiger partial charge in [0.1, 0.15) is 23.5 Å². The van der Waals surface area contributed by atoms with Crippen LogP contribution in [-0.2, 0) is 6.42 Å². The van der Waals surface area contributed by atoms with E-state index in [2.05, 4.69) is 0 Å². The van der Waals surface area contributed by atoms with Gasteiger partial charge in [0.15, 0.2) is 0 Å². The Balaban J connectivity index is 2.17. The van der Waals surface area contributed by atoms with Crippen molar-refractivity contribution in [3.8, 4) is 12.1 Å². The van der Waals surface area contributed by atoms with Gasteiger partial charge >= 0.3 is 0 Å². The molecular weight excluding hydrogens is 318 g/mol. The summed E-state index contributed by atoms with van der Waals surface area (Å²) in [5, 5.41) is 30.1. The van der Waals surface area contributed by atoms with Crippen molar-refractivity contribution >= 4 is 5.57 Å². The molecule has 1 aliphatic rings. The molecule has 0 spiro atoms. The first-order valence-electron chi connectivity index (χ1n) is 7.93. The van der Waals surface area contributed by atoms with Crippen LogP contribution in [0.5, 0.6) is 0 Å². The van der Waals surface area contributed by atoms with Gasteiger partial charge < -0.3 is 4.42 Å². The molecule has 0 bridgehead atoms. The molecule has 0 radical (unpaired) electrons. The second-order valence-corrected chi connectivity index (χ2v) is 5.95. The number of benzene rings is 1. The number of rotatable bonds is 4. The third kappa shape index (κ3) is 3.15. The summed E-state index contributed by atoms with van der Waals surface area (Å²) in [5.41, 5.74) is 2.49. The Morgan fingerprint density at radius 3 is 2.68 bits per heavy atom. The second-order valence-electron chi connectivity index (χ2n) is 5.95. The number of nitro groups is 1. The Morgan fingerprint density at radius 1 is 1.28 bits per heavy atom. The van der Waals surface area contributed by atoms with Crippen LogP contribution in [0, 0.1) is 38.7 Å². The lowest BCUT2D eigenvalue weighted by Gasteiger charge is -2.31. The molecule has 0 aliphatic heterocycles. The summed E-state index contributed by atoms with van der Waals surface area (Å²) < 4.78 is 5.44. The molecule has 0 fully saturated rings. The summed E-state index contributed by atoms with van der Waals surface area (Å²) in [7, 11) is 0. The smallest absolute Gasteiger partial charge is 0.214 e. The fourth-order valence-corrected chi connectivity index (χ4v) is 3.60. The molecular formula is C19H15N3O3. The Hall–Kier alpha value is -3.38. The van der Waals surface area contributed by atoms with Crippen molar-refractivity contribution in [3.05, 3.63) is 75.2 Å². The van der Waals surface area contributed by atoms with Crippen molar-refractivity contribution in [1.82, 2.24) is 0 Å². The van der Waals surface area contributed by atoms with E-state index in [1.807, 2.05) is 36.4 Å². The molecule has 0 amide bonds. The van der Waals surface area contributed by atoms with Crippen LogP contribution >= 0.6 is 0 Å². The summed E-state index contributed by atoms with van der Waals surface area (Å²) in [6, 6.07) is 14.9. The van der Waals surface area contributed by atoms with Crippen LogP contribution < -0.4 is 0 Å². The van der Waals surface area contributed by atoms with Crippen molar-refractivity contribution in [3.63, 3.8) is 0 Å². The van der Waals surface area contributed by atoms with Gasteiger partial charge in [0, 0.05) is 10.8 Å². The molecule has 0 N–H and O–H groups in total. The van der Waals surface area contributed by atoms with Crippen molar-refractivity contribution in [1.29, 1.82) is 10.5 Å². The number of nitriles is 2. The van der Waals surface area contributed by atoms with Crippen molar-refractivity contribution < 1.29 is 9.34 Å². The van der Waals surface area contributed by atoms with Gasteiger partial charge in [-0.3, -0.25) is 10.1 Å². The number of nitrogens with zero attached hydrogens (tertiary/aromatic N) is 3. The fourth-order valence-electron chi connectivity index (χ4n) is 3.60. The predicted octanol–water partition coefficient (Wildman–Crippen LogP) is 3.70. The molecule has 6 nitrogen and oxygen atoms in total. The molecule has 124 valence electrons. The van der Waals surface area contributed by atoms with Gasteiger partial charge in [0.25, 0.3) is 0 Å². The minimum atomic E-state index is -0.523. The number of aryl methyl sites for hydroxylation is 1. The van der Waals surface area contributed by atoms with Gasteiger partial charge in [-0.25, -0.2) is 0 Å². The van der Waals surface area contributed by atoms with Crippen LogP contribution in [0.25, 0.3) is 5.57 Å². The van der Waals surface area contributed by atoms with Crippen LogP contribution in [0.4, 0.5) is 0 Å². The molecule has 1 aromatic carbocycles. The first-order valence-corrected chi connectivity index (χ1v) is 7.93. The Morgan fingerprint density at radius 2 is 2.04 bits per heavy atom. The van der Waals surface area contributed by atoms with Gasteiger partial charge in [-0.2, -0.15) is 10.5 Å². The summed E-state index contributed by atoms with van der Waals surface area (Å²) in [6.45, 7) is -0.312. The summed E-state index contributed by atoms with van der Waals surface area (Å²) in [6.07, 6.45) is 2.85. The van der Waals surface area contributed by atoms with Gasteiger partial charge in [-0.05, 0) is 41.7 Å². The van der Waals surface area contributed by atoms with Crippen LogP contribution in [0.2, 0.25) is 0 Å². The molecule has 1 aliphatic carbocycles. The first-order chi connectivity index (χ1) is 12.2. The molecule has 0 saturated carbocycles. The van der Waals surface area contributed by atoms with Gasteiger partial charge in [-0.15, -0.1) is 0 Å². The minimum Gasteiger partial charge on any atom is -0.469 e. The maximum atomic E-state index is 11.2. The van der Waals surface area contributed by atoms with Crippen LogP contribution in [-0.4, -0.2) is 11.5 Å². The number of fused-ring (bicyclic) bond motifs is 1. The lowest BCUT2D eigenvalue weighted by molar-refractivity contribution is -0.484. The van der Waals surface area contributed by atoms with E-state index in [0.29, 0.717) is 17.8 Å². The molecule has 2 atom stereocenters. The van der Waals surface area contributed by atoms with E-state index in [9.17, 15) is 20.6 Å². The van der Waals surface area contributed by atoms with Gasteiger partial charge in [0.2, 0.25) is 6.54 Å². The topological polar surface area (TPSA) is 104 Å². The van der Waals surface area contributed by atoms with Gasteiger partial charge in [0.05, 0.1) is 12.2 Å². The lowest BCUT2D eigenvalue weighted by atomic mass is 9.71. The maximum Gasteiger partial charge on any atom is 0.214 e. The molecule has 25 heavy (non-hydrogen) atoms. The molecule has 1 heterocycles. The average Bonchev–Trinajstić information content (AvgIpc) is 3.15. The Labute approximate surface area is 144 Å².